The first-order valence-corrected chi connectivity index (χ1v) is 7.83. The predicted octanol–water partition coefficient (Wildman–Crippen LogP) is 3.55. The molecule has 0 saturated heterocycles. The number of carbonyl (C=O) groups excluding carboxylic acids is 1. The van der Waals surface area contributed by atoms with Crippen LogP contribution in [0.5, 0.6) is 0 Å². The van der Waals surface area contributed by atoms with Crippen LogP contribution in [0.15, 0.2) is 24.5 Å². The van der Waals surface area contributed by atoms with Crippen molar-refractivity contribution in [2.45, 2.75) is 13.3 Å². The van der Waals surface area contributed by atoms with E-state index in [0.717, 1.165) is 34.3 Å². The fourth-order valence-corrected chi connectivity index (χ4v) is 2.95. The van der Waals surface area contributed by atoms with Gasteiger partial charge in [-0.3, -0.25) is 4.79 Å². The van der Waals surface area contributed by atoms with Gasteiger partial charge in [0, 0.05) is 35.9 Å². The summed E-state index contributed by atoms with van der Waals surface area (Å²) in [5.41, 5.74) is 1.54. The Morgan fingerprint density at radius 3 is 2.76 bits per heavy atom. The van der Waals surface area contributed by atoms with Gasteiger partial charge in [-0.1, -0.05) is 18.5 Å². The molecule has 3 N–H and O–H groups in total. The van der Waals surface area contributed by atoms with Crippen LogP contribution in [0.25, 0.3) is 10.4 Å². The van der Waals surface area contributed by atoms with Crippen LogP contribution in [0.3, 0.4) is 0 Å². The summed E-state index contributed by atoms with van der Waals surface area (Å²) < 4.78 is 0.719. The number of hydrogen-bond acceptors (Lipinski definition) is 3. The molecule has 0 fully saturated rings. The Balaban J connectivity index is 0.00000220. The Hall–Kier alpha value is -1.01. The quantitative estimate of drug-likeness (QED) is 0.671. The molecule has 0 aliphatic rings. The first-order valence-electron chi connectivity index (χ1n) is 6.63. The standard InChI is InChI=1S/C14H18ClN3OS.ClH/c1-2-5-16-6-7-18-14(19)11-9-17-8-10(11)12-3-4-13(15)20-12;/h3-4,8-9,16-17H,2,5-7H2,1H3,(H,18,19);1H. The Morgan fingerprint density at radius 1 is 1.29 bits per heavy atom. The predicted molar refractivity (Wildman–Crippen MR) is 91.9 cm³/mol. The van der Waals surface area contributed by atoms with Gasteiger partial charge in [-0.05, 0) is 25.1 Å². The first kappa shape index (κ1) is 18.0. The van der Waals surface area contributed by atoms with Gasteiger partial charge < -0.3 is 15.6 Å². The minimum atomic E-state index is -0.0657. The summed E-state index contributed by atoms with van der Waals surface area (Å²) in [7, 11) is 0. The molecule has 0 aromatic carbocycles. The largest absolute Gasteiger partial charge is 0.366 e. The maximum atomic E-state index is 12.2. The Bertz CT molecular complexity index is 568. The number of carbonyl (C=O) groups is 1. The van der Waals surface area contributed by atoms with Crippen LogP contribution in [0, 0.1) is 0 Å². The molecule has 2 rings (SSSR count). The molecule has 7 heteroatoms. The van der Waals surface area contributed by atoms with Gasteiger partial charge in [0.25, 0.3) is 5.91 Å². The van der Waals surface area contributed by atoms with Crippen molar-refractivity contribution in [3.8, 4) is 10.4 Å². The van der Waals surface area contributed by atoms with Crippen LogP contribution in [-0.4, -0.2) is 30.5 Å². The van der Waals surface area contributed by atoms with E-state index >= 15 is 0 Å². The van der Waals surface area contributed by atoms with E-state index in [-0.39, 0.29) is 18.3 Å². The smallest absolute Gasteiger partial charge is 0.253 e. The fourth-order valence-electron chi connectivity index (χ4n) is 1.88. The van der Waals surface area contributed by atoms with Crippen LogP contribution in [0.1, 0.15) is 23.7 Å². The van der Waals surface area contributed by atoms with Crippen molar-refractivity contribution in [3.63, 3.8) is 0 Å². The van der Waals surface area contributed by atoms with Crippen LogP contribution in [-0.2, 0) is 0 Å². The summed E-state index contributed by atoms with van der Waals surface area (Å²) in [6, 6.07) is 3.76. The summed E-state index contributed by atoms with van der Waals surface area (Å²) in [6.07, 6.45) is 4.64. The maximum Gasteiger partial charge on any atom is 0.253 e. The van der Waals surface area contributed by atoms with Crippen molar-refractivity contribution in [1.82, 2.24) is 15.6 Å². The van der Waals surface area contributed by atoms with E-state index in [9.17, 15) is 4.79 Å². The highest BCUT2D eigenvalue weighted by Crippen LogP contribution is 2.32. The van der Waals surface area contributed by atoms with Gasteiger partial charge in [0.15, 0.2) is 0 Å². The minimum Gasteiger partial charge on any atom is -0.366 e. The van der Waals surface area contributed by atoms with E-state index < -0.39 is 0 Å². The molecule has 0 saturated carbocycles. The number of amides is 1. The molecule has 0 aliphatic heterocycles. The summed E-state index contributed by atoms with van der Waals surface area (Å²) in [5, 5.41) is 6.16. The molecule has 0 atom stereocenters. The SMILES string of the molecule is CCCNCCNC(=O)c1c[nH]cc1-c1ccc(Cl)s1.Cl. The second-order valence-corrected chi connectivity index (χ2v) is 6.11. The van der Waals surface area contributed by atoms with E-state index in [4.69, 9.17) is 11.6 Å². The normalized spacial score (nSPS) is 10.2. The molecule has 0 spiro atoms. The lowest BCUT2D eigenvalue weighted by molar-refractivity contribution is 0.0955. The highest BCUT2D eigenvalue weighted by molar-refractivity contribution is 7.19. The molecule has 0 unspecified atom stereocenters. The number of aromatic nitrogens is 1. The third kappa shape index (κ3) is 5.04. The zero-order valence-corrected chi connectivity index (χ0v) is 14.1. The molecule has 2 heterocycles. The molecule has 1 amide bonds. The molecular weight excluding hydrogens is 329 g/mol. The molecular formula is C14H19Cl2N3OS. The number of nitrogens with one attached hydrogen (secondary N) is 3. The lowest BCUT2D eigenvalue weighted by Crippen LogP contribution is -2.32. The molecule has 0 bridgehead atoms. The van der Waals surface area contributed by atoms with Crippen molar-refractivity contribution in [3.05, 3.63) is 34.4 Å². The van der Waals surface area contributed by atoms with Gasteiger partial charge >= 0.3 is 0 Å². The third-order valence-corrected chi connectivity index (χ3v) is 4.11. The van der Waals surface area contributed by atoms with Gasteiger partial charge in [0.05, 0.1) is 9.90 Å². The average Bonchev–Trinajstić information content (AvgIpc) is 3.06. The van der Waals surface area contributed by atoms with E-state index in [1.54, 1.807) is 6.20 Å². The van der Waals surface area contributed by atoms with Crippen LogP contribution >= 0.6 is 35.3 Å². The molecule has 116 valence electrons. The molecule has 0 radical (unpaired) electrons. The monoisotopic (exact) mass is 347 g/mol. The lowest BCUT2D eigenvalue weighted by atomic mass is 10.1. The minimum absolute atomic E-state index is 0. The van der Waals surface area contributed by atoms with Crippen molar-refractivity contribution in [2.24, 2.45) is 0 Å². The van der Waals surface area contributed by atoms with Crippen molar-refractivity contribution in [1.29, 1.82) is 0 Å². The number of H-pyrrole nitrogens is 1. The number of halogens is 2. The van der Waals surface area contributed by atoms with E-state index in [1.165, 1.54) is 11.3 Å². The lowest BCUT2D eigenvalue weighted by Gasteiger charge is -2.06. The summed E-state index contributed by atoms with van der Waals surface area (Å²) in [4.78, 5) is 16.1. The zero-order chi connectivity index (χ0) is 14.4. The highest BCUT2D eigenvalue weighted by Gasteiger charge is 2.14. The van der Waals surface area contributed by atoms with E-state index in [2.05, 4.69) is 22.5 Å². The Labute approximate surface area is 139 Å². The van der Waals surface area contributed by atoms with E-state index in [1.807, 2.05) is 18.3 Å². The first-order chi connectivity index (χ1) is 9.72. The van der Waals surface area contributed by atoms with Crippen molar-refractivity contribution < 1.29 is 4.79 Å². The molecule has 21 heavy (non-hydrogen) atoms. The summed E-state index contributed by atoms with van der Waals surface area (Å²) >= 11 is 7.41. The van der Waals surface area contributed by atoms with Gasteiger partial charge in [-0.15, -0.1) is 23.7 Å². The zero-order valence-electron chi connectivity index (χ0n) is 11.7. The fraction of sp³-hybridized carbons (Fsp3) is 0.357. The molecule has 2 aromatic rings. The molecule has 4 nitrogen and oxygen atoms in total. The topological polar surface area (TPSA) is 56.9 Å². The van der Waals surface area contributed by atoms with Crippen LogP contribution < -0.4 is 10.6 Å². The number of thiophene rings is 1. The van der Waals surface area contributed by atoms with Crippen LogP contribution in [0.2, 0.25) is 4.34 Å². The maximum absolute atomic E-state index is 12.2. The Kier molecular flexibility index (Phi) is 7.82. The number of aromatic amines is 1. The van der Waals surface area contributed by atoms with Crippen molar-refractivity contribution in [2.75, 3.05) is 19.6 Å². The average molecular weight is 348 g/mol. The second kappa shape index (κ2) is 9.10. The summed E-state index contributed by atoms with van der Waals surface area (Å²) in [6.45, 7) is 4.49. The van der Waals surface area contributed by atoms with Gasteiger partial charge in [-0.2, -0.15) is 0 Å². The van der Waals surface area contributed by atoms with Gasteiger partial charge in [-0.25, -0.2) is 0 Å². The van der Waals surface area contributed by atoms with Gasteiger partial charge in [0.1, 0.15) is 0 Å². The van der Waals surface area contributed by atoms with Crippen LogP contribution in [0.4, 0.5) is 0 Å². The number of hydrogen-bond donors (Lipinski definition) is 3. The summed E-state index contributed by atoms with van der Waals surface area (Å²) in [5.74, 6) is -0.0657. The number of rotatable bonds is 7. The van der Waals surface area contributed by atoms with E-state index in [0.29, 0.717) is 12.1 Å². The molecule has 0 aliphatic carbocycles. The second-order valence-electron chi connectivity index (χ2n) is 4.39. The van der Waals surface area contributed by atoms with Crippen molar-refractivity contribution >= 4 is 41.3 Å². The highest BCUT2D eigenvalue weighted by atomic mass is 35.5. The van der Waals surface area contributed by atoms with Gasteiger partial charge in [0.2, 0.25) is 0 Å². The Morgan fingerprint density at radius 2 is 2.10 bits per heavy atom. The third-order valence-electron chi connectivity index (χ3n) is 2.84. The molecule has 2 aromatic heterocycles.